The summed E-state index contributed by atoms with van der Waals surface area (Å²) in [4.78, 5) is 11.9. The molecule has 1 aromatic heterocycles. The molecule has 0 spiro atoms. The Kier molecular flexibility index (Phi) is 5.49. The summed E-state index contributed by atoms with van der Waals surface area (Å²) in [6.07, 6.45) is 0.265. The number of hydrogen-bond acceptors (Lipinski definition) is 3. The Hall–Kier alpha value is -3.22. The van der Waals surface area contributed by atoms with Gasteiger partial charge in [-0.15, -0.1) is 0 Å². The van der Waals surface area contributed by atoms with Gasteiger partial charge in [0, 0.05) is 18.4 Å². The van der Waals surface area contributed by atoms with E-state index in [9.17, 15) is 18.0 Å². The number of rotatable bonds is 6. The maximum Gasteiger partial charge on any atom is 0.224 e. The lowest BCUT2D eigenvalue weighted by Crippen LogP contribution is -2.14. The zero-order chi connectivity index (χ0) is 19.4. The second-order valence-corrected chi connectivity index (χ2v) is 5.77. The van der Waals surface area contributed by atoms with Gasteiger partial charge in [-0.25, -0.2) is 13.2 Å². The first-order valence-corrected chi connectivity index (χ1v) is 8.14. The number of carbonyl (C=O) groups is 1. The summed E-state index contributed by atoms with van der Waals surface area (Å²) in [5, 5.41) is 2.22. The van der Waals surface area contributed by atoms with Crippen molar-refractivity contribution >= 4 is 11.6 Å². The molecule has 1 heterocycles. The van der Waals surface area contributed by atoms with Crippen molar-refractivity contribution in [3.63, 3.8) is 0 Å². The number of nitrogens with one attached hydrogen (secondary N) is 1. The molecule has 27 heavy (non-hydrogen) atoms. The first kappa shape index (κ1) is 18.6. The molecule has 0 atom stereocenters. The Balaban J connectivity index is 1.59. The largest absolute Gasteiger partial charge is 0.497 e. The van der Waals surface area contributed by atoms with Crippen molar-refractivity contribution in [3.05, 3.63) is 71.7 Å². The molecule has 0 fully saturated rings. The Morgan fingerprint density at radius 2 is 1.74 bits per heavy atom. The third-order valence-corrected chi connectivity index (χ3v) is 3.94. The maximum absolute atomic E-state index is 13.6. The van der Waals surface area contributed by atoms with Gasteiger partial charge in [0.15, 0.2) is 17.5 Å². The van der Waals surface area contributed by atoms with E-state index in [0.29, 0.717) is 11.5 Å². The molecular weight excluding hydrogens is 359 g/mol. The van der Waals surface area contributed by atoms with E-state index in [4.69, 9.17) is 9.15 Å². The van der Waals surface area contributed by atoms with E-state index in [2.05, 4.69) is 5.32 Å². The first-order chi connectivity index (χ1) is 13.0. The Morgan fingerprint density at radius 1 is 1.00 bits per heavy atom. The average molecular weight is 375 g/mol. The average Bonchev–Trinajstić information content (AvgIpc) is 3.16. The number of halogens is 3. The summed E-state index contributed by atoms with van der Waals surface area (Å²) in [6.45, 7) is 0. The molecule has 1 amide bonds. The molecule has 4 nitrogen and oxygen atoms in total. The second-order valence-electron chi connectivity index (χ2n) is 5.77. The molecule has 0 saturated carbocycles. The van der Waals surface area contributed by atoms with Gasteiger partial charge in [-0.2, -0.15) is 0 Å². The van der Waals surface area contributed by atoms with Crippen molar-refractivity contribution in [1.29, 1.82) is 0 Å². The highest BCUT2D eigenvalue weighted by molar-refractivity contribution is 5.90. The van der Waals surface area contributed by atoms with E-state index in [1.165, 1.54) is 0 Å². The van der Waals surface area contributed by atoms with Crippen LogP contribution >= 0.6 is 0 Å². The standard InChI is InChI=1S/C20H16F3NO3/c1-26-13-4-2-12(3-5-13)17-10-6-14(27-17)7-11-18(25)24-16-9-8-15(21)19(22)20(16)23/h2-6,8-10H,7,11H2,1H3,(H,24,25). The smallest absolute Gasteiger partial charge is 0.224 e. The minimum Gasteiger partial charge on any atom is -0.497 e. The Labute approximate surface area is 153 Å². The van der Waals surface area contributed by atoms with Crippen LogP contribution in [0.5, 0.6) is 5.75 Å². The van der Waals surface area contributed by atoms with Gasteiger partial charge in [-0.3, -0.25) is 4.79 Å². The van der Waals surface area contributed by atoms with Crippen LogP contribution in [0.1, 0.15) is 12.2 Å². The van der Waals surface area contributed by atoms with Crippen LogP contribution in [-0.4, -0.2) is 13.0 Å². The van der Waals surface area contributed by atoms with Gasteiger partial charge >= 0.3 is 0 Å². The van der Waals surface area contributed by atoms with Crippen molar-refractivity contribution in [1.82, 2.24) is 0 Å². The molecule has 0 aliphatic carbocycles. The lowest BCUT2D eigenvalue weighted by Gasteiger charge is -2.06. The van der Waals surface area contributed by atoms with Gasteiger partial charge in [0.05, 0.1) is 12.8 Å². The Bertz CT molecular complexity index is 952. The fraction of sp³-hybridized carbons (Fsp3) is 0.150. The van der Waals surface area contributed by atoms with E-state index < -0.39 is 29.0 Å². The molecule has 0 aliphatic heterocycles. The normalized spacial score (nSPS) is 10.7. The van der Waals surface area contributed by atoms with Gasteiger partial charge in [0.25, 0.3) is 0 Å². The SMILES string of the molecule is COc1ccc(-c2ccc(CCC(=O)Nc3ccc(F)c(F)c3F)o2)cc1. The summed E-state index contributed by atoms with van der Waals surface area (Å²) in [5.41, 5.74) is 0.452. The maximum atomic E-state index is 13.6. The van der Waals surface area contributed by atoms with Crippen LogP contribution in [0.2, 0.25) is 0 Å². The molecule has 2 aromatic carbocycles. The first-order valence-electron chi connectivity index (χ1n) is 8.14. The van der Waals surface area contributed by atoms with Gasteiger partial charge in [-0.1, -0.05) is 0 Å². The number of amides is 1. The van der Waals surface area contributed by atoms with Gasteiger partial charge in [-0.05, 0) is 48.5 Å². The molecule has 0 radical (unpaired) electrons. The molecule has 7 heteroatoms. The number of benzene rings is 2. The van der Waals surface area contributed by atoms with Crippen LogP contribution in [0.4, 0.5) is 18.9 Å². The molecule has 1 N–H and O–H groups in total. The predicted molar refractivity (Wildman–Crippen MR) is 94.0 cm³/mol. The third-order valence-electron chi connectivity index (χ3n) is 3.94. The number of hydrogen-bond donors (Lipinski definition) is 1. The van der Waals surface area contributed by atoms with Crippen molar-refractivity contribution in [3.8, 4) is 17.1 Å². The predicted octanol–water partition coefficient (Wildman–Crippen LogP) is 4.94. The number of furan rings is 1. The second kappa shape index (κ2) is 7.99. The van der Waals surface area contributed by atoms with Gasteiger partial charge in [0.2, 0.25) is 5.91 Å². The number of aryl methyl sites for hydroxylation is 1. The fourth-order valence-corrected chi connectivity index (χ4v) is 2.49. The topological polar surface area (TPSA) is 51.5 Å². The van der Waals surface area contributed by atoms with Crippen LogP contribution in [0, 0.1) is 17.5 Å². The van der Waals surface area contributed by atoms with Crippen molar-refractivity contribution in [2.75, 3.05) is 12.4 Å². The van der Waals surface area contributed by atoms with Crippen LogP contribution < -0.4 is 10.1 Å². The molecule has 3 aromatic rings. The molecule has 3 rings (SSSR count). The highest BCUT2D eigenvalue weighted by Gasteiger charge is 2.15. The molecule has 0 bridgehead atoms. The third kappa shape index (κ3) is 4.31. The monoisotopic (exact) mass is 375 g/mol. The lowest BCUT2D eigenvalue weighted by molar-refractivity contribution is -0.116. The molecule has 0 unspecified atom stereocenters. The Morgan fingerprint density at radius 3 is 2.44 bits per heavy atom. The van der Waals surface area contributed by atoms with Crippen LogP contribution in [0.3, 0.4) is 0 Å². The zero-order valence-corrected chi connectivity index (χ0v) is 14.4. The quantitative estimate of drug-likeness (QED) is 0.621. The van der Waals surface area contributed by atoms with Gasteiger partial charge in [0.1, 0.15) is 17.3 Å². The fourth-order valence-electron chi connectivity index (χ4n) is 2.49. The summed E-state index contributed by atoms with van der Waals surface area (Å²) in [5.74, 6) is -2.96. The highest BCUT2D eigenvalue weighted by Crippen LogP contribution is 2.25. The van der Waals surface area contributed by atoms with Crippen LogP contribution in [0.15, 0.2) is 52.9 Å². The minimum atomic E-state index is -1.62. The lowest BCUT2D eigenvalue weighted by atomic mass is 10.2. The van der Waals surface area contributed by atoms with E-state index in [-0.39, 0.29) is 12.8 Å². The van der Waals surface area contributed by atoms with Gasteiger partial charge < -0.3 is 14.5 Å². The molecular formula is C20H16F3NO3. The number of anilines is 1. The highest BCUT2D eigenvalue weighted by atomic mass is 19.2. The number of methoxy groups -OCH3 is 1. The summed E-state index contributed by atoms with van der Waals surface area (Å²) >= 11 is 0. The number of ether oxygens (including phenoxy) is 1. The molecule has 0 saturated heterocycles. The van der Waals surface area contributed by atoms with Crippen molar-refractivity contribution in [2.45, 2.75) is 12.8 Å². The van der Waals surface area contributed by atoms with Crippen LogP contribution in [-0.2, 0) is 11.2 Å². The summed E-state index contributed by atoms with van der Waals surface area (Å²) < 4.78 is 50.5. The molecule has 0 aliphatic rings. The minimum absolute atomic E-state index is 0.00595. The van der Waals surface area contributed by atoms with E-state index in [1.807, 2.05) is 12.1 Å². The zero-order valence-electron chi connectivity index (χ0n) is 14.4. The number of carbonyl (C=O) groups excluding carboxylic acids is 1. The van der Waals surface area contributed by atoms with Crippen molar-refractivity contribution < 1.29 is 27.1 Å². The van der Waals surface area contributed by atoms with E-state index >= 15 is 0 Å². The summed E-state index contributed by atoms with van der Waals surface area (Å²) in [6, 6.07) is 12.6. The summed E-state index contributed by atoms with van der Waals surface area (Å²) in [7, 11) is 1.58. The van der Waals surface area contributed by atoms with E-state index in [1.54, 1.807) is 31.4 Å². The molecule has 140 valence electrons. The van der Waals surface area contributed by atoms with Crippen LogP contribution in [0.25, 0.3) is 11.3 Å². The van der Waals surface area contributed by atoms with E-state index in [0.717, 1.165) is 23.4 Å². The van der Waals surface area contributed by atoms with Crippen molar-refractivity contribution in [2.24, 2.45) is 0 Å².